The average molecular weight is 450 g/mol. The second kappa shape index (κ2) is 9.87. The number of aromatic nitrogens is 1. The largest absolute Gasteiger partial charge is 0.339 e. The fraction of sp³-hybridized carbons (Fsp3) is 0.240. The summed E-state index contributed by atoms with van der Waals surface area (Å²) in [5.74, 6) is -0.560. The normalized spacial score (nSPS) is 14.6. The predicted octanol–water partition coefficient (Wildman–Crippen LogP) is 5.15. The number of halogens is 1. The Labute approximate surface area is 190 Å². The number of hydrogen-bond donors (Lipinski definition) is 1. The maximum Gasteiger partial charge on any atom is 0.246 e. The van der Waals surface area contributed by atoms with Crippen molar-refractivity contribution >= 4 is 34.4 Å². The summed E-state index contributed by atoms with van der Waals surface area (Å²) in [5, 5.41) is 3.46. The van der Waals surface area contributed by atoms with E-state index in [1.54, 1.807) is 23.1 Å². The first-order valence-electron chi connectivity index (χ1n) is 10.6. The quantitative estimate of drug-likeness (QED) is 0.548. The van der Waals surface area contributed by atoms with E-state index < -0.39 is 0 Å². The predicted molar refractivity (Wildman–Crippen MR) is 126 cm³/mol. The minimum absolute atomic E-state index is 0.0350. The van der Waals surface area contributed by atoms with Gasteiger partial charge >= 0.3 is 0 Å². The van der Waals surface area contributed by atoms with Crippen molar-refractivity contribution in [2.75, 3.05) is 18.4 Å². The van der Waals surface area contributed by atoms with E-state index in [4.69, 9.17) is 0 Å². The summed E-state index contributed by atoms with van der Waals surface area (Å²) >= 11 is 1.41. The van der Waals surface area contributed by atoms with Gasteiger partial charge in [0.15, 0.2) is 5.13 Å². The Morgan fingerprint density at radius 3 is 2.47 bits per heavy atom. The van der Waals surface area contributed by atoms with Crippen LogP contribution in [0.1, 0.15) is 23.3 Å². The summed E-state index contributed by atoms with van der Waals surface area (Å²) in [4.78, 5) is 32.5. The number of aryl methyl sites for hydroxylation is 1. The van der Waals surface area contributed by atoms with Crippen LogP contribution in [0.15, 0.2) is 60.7 Å². The molecule has 164 valence electrons. The van der Waals surface area contributed by atoms with Gasteiger partial charge in [0, 0.05) is 35.5 Å². The molecule has 1 aliphatic heterocycles. The molecule has 0 radical (unpaired) electrons. The molecule has 0 aliphatic carbocycles. The molecule has 2 amide bonds. The van der Waals surface area contributed by atoms with Crippen molar-refractivity contribution in [3.8, 4) is 11.3 Å². The van der Waals surface area contributed by atoms with E-state index in [9.17, 15) is 14.0 Å². The summed E-state index contributed by atoms with van der Waals surface area (Å²) in [7, 11) is 0. The number of nitrogens with zero attached hydrogens (tertiary/aromatic N) is 2. The monoisotopic (exact) mass is 449 g/mol. The molecule has 1 fully saturated rings. The first-order chi connectivity index (χ1) is 15.5. The number of likely N-dealkylation sites (tertiary alicyclic amines) is 1. The molecule has 0 atom stereocenters. The fourth-order valence-electron chi connectivity index (χ4n) is 3.73. The zero-order valence-corrected chi connectivity index (χ0v) is 18.6. The highest BCUT2D eigenvalue weighted by atomic mass is 32.1. The summed E-state index contributed by atoms with van der Waals surface area (Å²) in [6.45, 7) is 3.03. The molecule has 7 heteroatoms. The first-order valence-corrected chi connectivity index (χ1v) is 11.4. The lowest BCUT2D eigenvalue weighted by molar-refractivity contribution is -0.130. The maximum atomic E-state index is 13.2. The fourth-order valence-corrected chi connectivity index (χ4v) is 4.57. The first kappa shape index (κ1) is 21.9. The minimum Gasteiger partial charge on any atom is -0.339 e. The number of amides is 2. The SMILES string of the molecule is Cc1sc(NC(=O)C2CCN(C(=O)C=Cc3ccccc3)CC2)nc1-c1ccc(F)cc1. The van der Waals surface area contributed by atoms with Crippen molar-refractivity contribution in [2.24, 2.45) is 5.92 Å². The lowest BCUT2D eigenvalue weighted by Crippen LogP contribution is -2.40. The van der Waals surface area contributed by atoms with E-state index in [0.29, 0.717) is 31.1 Å². The topological polar surface area (TPSA) is 62.3 Å². The van der Waals surface area contributed by atoms with Crippen LogP contribution in [-0.2, 0) is 9.59 Å². The Morgan fingerprint density at radius 1 is 1.09 bits per heavy atom. The third-order valence-electron chi connectivity index (χ3n) is 5.54. The van der Waals surface area contributed by atoms with Gasteiger partial charge in [-0.1, -0.05) is 30.3 Å². The number of thiazole rings is 1. The molecule has 2 aromatic carbocycles. The lowest BCUT2D eigenvalue weighted by Gasteiger charge is -2.30. The summed E-state index contributed by atoms with van der Waals surface area (Å²) in [5.41, 5.74) is 2.54. The number of nitrogens with one attached hydrogen (secondary N) is 1. The number of carbonyl (C=O) groups excluding carboxylic acids is 2. The third-order valence-corrected chi connectivity index (χ3v) is 6.43. The molecule has 32 heavy (non-hydrogen) atoms. The second-order valence-electron chi connectivity index (χ2n) is 7.76. The number of rotatable bonds is 5. The molecular formula is C25H24FN3O2S. The number of anilines is 1. The Balaban J connectivity index is 1.31. The summed E-state index contributed by atoms with van der Waals surface area (Å²) < 4.78 is 13.2. The van der Waals surface area contributed by atoms with E-state index in [1.807, 2.05) is 43.3 Å². The van der Waals surface area contributed by atoms with Crippen LogP contribution in [0, 0.1) is 18.7 Å². The van der Waals surface area contributed by atoms with Crippen molar-refractivity contribution in [1.82, 2.24) is 9.88 Å². The molecule has 2 heterocycles. The van der Waals surface area contributed by atoms with Gasteiger partial charge in [-0.15, -0.1) is 11.3 Å². The van der Waals surface area contributed by atoms with Crippen LogP contribution in [0.25, 0.3) is 17.3 Å². The Bertz CT molecular complexity index is 1120. The minimum atomic E-state index is -0.296. The molecule has 1 saturated heterocycles. The maximum absolute atomic E-state index is 13.2. The van der Waals surface area contributed by atoms with Gasteiger partial charge in [0.05, 0.1) is 5.69 Å². The Morgan fingerprint density at radius 2 is 1.78 bits per heavy atom. The molecular weight excluding hydrogens is 425 g/mol. The standard InChI is InChI=1S/C25H24FN3O2S/c1-17-23(19-8-10-21(26)11-9-19)27-25(32-17)28-24(31)20-13-15-29(16-14-20)22(30)12-7-18-5-3-2-4-6-18/h2-12,20H,13-16H2,1H3,(H,27,28,31). The van der Waals surface area contributed by atoms with E-state index in [-0.39, 0.29) is 23.5 Å². The van der Waals surface area contributed by atoms with Crippen LogP contribution in [0.2, 0.25) is 0 Å². The molecule has 3 aromatic rings. The van der Waals surface area contributed by atoms with Gasteiger partial charge in [-0.25, -0.2) is 9.37 Å². The van der Waals surface area contributed by atoms with Crippen LogP contribution >= 0.6 is 11.3 Å². The molecule has 1 aromatic heterocycles. The van der Waals surface area contributed by atoms with E-state index in [2.05, 4.69) is 10.3 Å². The molecule has 0 bridgehead atoms. The van der Waals surface area contributed by atoms with Crippen LogP contribution in [0.3, 0.4) is 0 Å². The number of piperidine rings is 1. The Kier molecular flexibility index (Phi) is 6.75. The molecule has 0 unspecified atom stereocenters. The van der Waals surface area contributed by atoms with E-state index in [0.717, 1.165) is 21.7 Å². The van der Waals surface area contributed by atoms with Crippen molar-refractivity contribution in [2.45, 2.75) is 19.8 Å². The van der Waals surface area contributed by atoms with Crippen molar-refractivity contribution in [1.29, 1.82) is 0 Å². The van der Waals surface area contributed by atoms with Gasteiger partial charge in [-0.05, 0) is 55.7 Å². The number of hydrogen-bond acceptors (Lipinski definition) is 4. The molecule has 4 rings (SSSR count). The smallest absolute Gasteiger partial charge is 0.246 e. The van der Waals surface area contributed by atoms with Gasteiger partial charge < -0.3 is 10.2 Å². The Hall–Kier alpha value is -3.32. The van der Waals surface area contributed by atoms with Crippen LogP contribution in [0.4, 0.5) is 9.52 Å². The second-order valence-corrected chi connectivity index (χ2v) is 8.97. The van der Waals surface area contributed by atoms with Crippen LogP contribution in [-0.4, -0.2) is 34.8 Å². The summed E-state index contributed by atoms with van der Waals surface area (Å²) in [6, 6.07) is 15.9. The van der Waals surface area contributed by atoms with Gasteiger partial charge in [0.2, 0.25) is 11.8 Å². The highest BCUT2D eigenvalue weighted by Gasteiger charge is 2.27. The number of benzene rings is 2. The van der Waals surface area contributed by atoms with Crippen molar-refractivity contribution < 1.29 is 14.0 Å². The molecule has 0 saturated carbocycles. The van der Waals surface area contributed by atoms with Gasteiger partial charge in [-0.2, -0.15) is 0 Å². The van der Waals surface area contributed by atoms with Crippen molar-refractivity contribution in [3.63, 3.8) is 0 Å². The molecule has 1 aliphatic rings. The van der Waals surface area contributed by atoms with Gasteiger partial charge in [0.1, 0.15) is 5.82 Å². The lowest BCUT2D eigenvalue weighted by atomic mass is 9.96. The van der Waals surface area contributed by atoms with E-state index in [1.165, 1.54) is 23.5 Å². The molecule has 1 N–H and O–H groups in total. The van der Waals surface area contributed by atoms with Crippen LogP contribution < -0.4 is 5.32 Å². The van der Waals surface area contributed by atoms with Crippen molar-refractivity contribution in [3.05, 3.63) is 76.9 Å². The van der Waals surface area contributed by atoms with Gasteiger partial charge in [-0.3, -0.25) is 9.59 Å². The molecule has 0 spiro atoms. The summed E-state index contributed by atoms with van der Waals surface area (Å²) in [6.07, 6.45) is 4.63. The van der Waals surface area contributed by atoms with E-state index >= 15 is 0 Å². The zero-order chi connectivity index (χ0) is 22.5. The number of carbonyl (C=O) groups is 2. The average Bonchev–Trinajstić information content (AvgIpc) is 3.18. The zero-order valence-electron chi connectivity index (χ0n) is 17.8. The van der Waals surface area contributed by atoms with Crippen LogP contribution in [0.5, 0.6) is 0 Å². The molecule has 5 nitrogen and oxygen atoms in total. The third kappa shape index (κ3) is 5.29. The van der Waals surface area contributed by atoms with Gasteiger partial charge in [0.25, 0.3) is 0 Å². The highest BCUT2D eigenvalue weighted by Crippen LogP contribution is 2.31. The highest BCUT2D eigenvalue weighted by molar-refractivity contribution is 7.16.